The van der Waals surface area contributed by atoms with Crippen LogP contribution in [0.5, 0.6) is 0 Å². The number of β-amino-alcohol motifs (C(OH)–C–C–N with tert-alkyl or cyclic N) is 1. The van der Waals surface area contributed by atoms with Crippen LogP contribution in [0.15, 0.2) is 0 Å². The van der Waals surface area contributed by atoms with Crippen molar-refractivity contribution in [3.63, 3.8) is 0 Å². The van der Waals surface area contributed by atoms with Gasteiger partial charge in [0.2, 0.25) is 11.8 Å². The van der Waals surface area contributed by atoms with Gasteiger partial charge >= 0.3 is 5.97 Å². The quantitative estimate of drug-likeness (QED) is 0.620. The first-order valence-electron chi connectivity index (χ1n) is 6.22. The van der Waals surface area contributed by atoms with E-state index in [4.69, 9.17) is 5.11 Å². The molecule has 0 aliphatic carbocycles. The van der Waals surface area contributed by atoms with Gasteiger partial charge in [0, 0.05) is 19.9 Å². The third kappa shape index (κ3) is 3.66. The first-order valence-corrected chi connectivity index (χ1v) is 6.22. The number of aliphatic carboxylic acids is 1. The number of rotatable bonds is 4. The molecule has 108 valence electrons. The molecule has 19 heavy (non-hydrogen) atoms. The molecule has 3 N–H and O–H groups in total. The molecular formula is C12H20N2O5. The summed E-state index contributed by atoms with van der Waals surface area (Å²) in [6, 6.07) is -1.80. The number of nitrogens with zero attached hydrogens (tertiary/aromatic N) is 1. The highest BCUT2D eigenvalue weighted by Gasteiger charge is 2.39. The lowest BCUT2D eigenvalue weighted by Gasteiger charge is -2.25. The maximum Gasteiger partial charge on any atom is 0.326 e. The zero-order valence-electron chi connectivity index (χ0n) is 11.3. The van der Waals surface area contributed by atoms with Gasteiger partial charge in [-0.1, -0.05) is 13.8 Å². The summed E-state index contributed by atoms with van der Waals surface area (Å²) in [5, 5.41) is 21.0. The summed E-state index contributed by atoms with van der Waals surface area (Å²) in [4.78, 5) is 35.7. The molecule has 1 rings (SSSR count). The number of carbonyl (C=O) groups is 3. The van der Waals surface area contributed by atoms with Crippen LogP contribution in [0.4, 0.5) is 0 Å². The first-order chi connectivity index (χ1) is 8.73. The van der Waals surface area contributed by atoms with Gasteiger partial charge in [0.1, 0.15) is 12.1 Å². The smallest absolute Gasteiger partial charge is 0.326 e. The van der Waals surface area contributed by atoms with Crippen molar-refractivity contribution in [2.24, 2.45) is 5.92 Å². The zero-order valence-corrected chi connectivity index (χ0v) is 11.3. The molecule has 7 nitrogen and oxygen atoms in total. The van der Waals surface area contributed by atoms with E-state index >= 15 is 0 Å². The number of amides is 2. The standard InChI is InChI=1S/C12H20N2O5/c1-6(2)10(12(18)19)13-11(17)9-4-8(16)5-14(9)7(3)15/h6,8-10,16H,4-5H2,1-3H3,(H,13,17)(H,18,19). The van der Waals surface area contributed by atoms with Crippen molar-refractivity contribution >= 4 is 17.8 Å². The van der Waals surface area contributed by atoms with Crippen molar-refractivity contribution in [3.8, 4) is 0 Å². The van der Waals surface area contributed by atoms with Gasteiger partial charge in [0.05, 0.1) is 6.10 Å². The van der Waals surface area contributed by atoms with E-state index in [0.717, 1.165) is 0 Å². The van der Waals surface area contributed by atoms with Gasteiger partial charge < -0.3 is 20.4 Å². The average Bonchev–Trinajstić information content (AvgIpc) is 2.67. The lowest BCUT2D eigenvalue weighted by Crippen LogP contribution is -2.52. The second-order valence-electron chi connectivity index (χ2n) is 5.15. The predicted molar refractivity (Wildman–Crippen MR) is 66.2 cm³/mol. The number of hydrogen-bond donors (Lipinski definition) is 3. The second-order valence-corrected chi connectivity index (χ2v) is 5.15. The largest absolute Gasteiger partial charge is 0.480 e. The van der Waals surface area contributed by atoms with Crippen LogP contribution in [-0.2, 0) is 14.4 Å². The maximum absolute atomic E-state index is 12.0. The van der Waals surface area contributed by atoms with Crippen LogP contribution in [0.3, 0.4) is 0 Å². The summed E-state index contributed by atoms with van der Waals surface area (Å²) in [7, 11) is 0. The molecule has 3 atom stereocenters. The highest BCUT2D eigenvalue weighted by Crippen LogP contribution is 2.18. The molecule has 7 heteroatoms. The zero-order chi connectivity index (χ0) is 14.7. The van der Waals surface area contributed by atoms with Gasteiger partial charge in [-0.3, -0.25) is 9.59 Å². The Hall–Kier alpha value is -1.63. The van der Waals surface area contributed by atoms with Crippen LogP contribution < -0.4 is 5.32 Å². The van der Waals surface area contributed by atoms with E-state index in [0.29, 0.717) is 0 Å². The van der Waals surface area contributed by atoms with Crippen LogP contribution in [-0.4, -0.2) is 57.6 Å². The Kier molecular flexibility index (Phi) is 4.88. The van der Waals surface area contributed by atoms with E-state index in [2.05, 4.69) is 5.32 Å². The van der Waals surface area contributed by atoms with E-state index in [1.54, 1.807) is 13.8 Å². The number of carboxylic acid groups (broad SMARTS) is 1. The summed E-state index contributed by atoms with van der Waals surface area (Å²) < 4.78 is 0. The third-order valence-electron chi connectivity index (χ3n) is 3.22. The Labute approximate surface area is 111 Å². The minimum atomic E-state index is -1.11. The molecule has 3 unspecified atom stereocenters. The second kappa shape index (κ2) is 6.01. The van der Waals surface area contributed by atoms with E-state index in [1.807, 2.05) is 0 Å². The minimum absolute atomic E-state index is 0.104. The summed E-state index contributed by atoms with van der Waals surface area (Å²) in [6.45, 7) is 4.79. The lowest BCUT2D eigenvalue weighted by molar-refractivity contribution is -0.144. The Morgan fingerprint density at radius 3 is 2.32 bits per heavy atom. The molecular weight excluding hydrogens is 252 g/mol. The Bertz CT molecular complexity index is 382. The van der Waals surface area contributed by atoms with Crippen molar-refractivity contribution in [1.82, 2.24) is 10.2 Å². The lowest BCUT2D eigenvalue weighted by atomic mass is 10.0. The van der Waals surface area contributed by atoms with Gasteiger partial charge in [-0.25, -0.2) is 4.79 Å². The molecule has 0 aromatic heterocycles. The molecule has 0 aromatic rings. The summed E-state index contributed by atoms with van der Waals surface area (Å²) in [5.41, 5.74) is 0. The molecule has 0 saturated carbocycles. The highest BCUT2D eigenvalue weighted by molar-refractivity contribution is 5.90. The van der Waals surface area contributed by atoms with E-state index in [9.17, 15) is 19.5 Å². The number of hydrogen-bond acceptors (Lipinski definition) is 4. The normalized spacial score (nSPS) is 24.4. The SMILES string of the molecule is CC(=O)N1CC(O)CC1C(=O)NC(C(=O)O)C(C)C. The third-order valence-corrected chi connectivity index (χ3v) is 3.22. The minimum Gasteiger partial charge on any atom is -0.480 e. The average molecular weight is 272 g/mol. The molecule has 0 radical (unpaired) electrons. The Morgan fingerprint density at radius 1 is 1.32 bits per heavy atom. The van der Waals surface area contributed by atoms with Crippen molar-refractivity contribution in [2.75, 3.05) is 6.54 Å². The predicted octanol–water partition coefficient (Wildman–Crippen LogP) is -0.806. The molecule has 1 aliphatic heterocycles. The van der Waals surface area contributed by atoms with Crippen molar-refractivity contribution in [2.45, 2.75) is 45.4 Å². The fourth-order valence-corrected chi connectivity index (χ4v) is 2.17. The summed E-state index contributed by atoms with van der Waals surface area (Å²) in [5.74, 6) is -2.23. The summed E-state index contributed by atoms with van der Waals surface area (Å²) in [6.07, 6.45) is -0.613. The van der Waals surface area contributed by atoms with Crippen molar-refractivity contribution in [1.29, 1.82) is 0 Å². The van der Waals surface area contributed by atoms with E-state index in [1.165, 1.54) is 11.8 Å². The number of aliphatic hydroxyl groups is 1. The number of nitrogens with one attached hydrogen (secondary N) is 1. The Morgan fingerprint density at radius 2 is 1.89 bits per heavy atom. The molecule has 1 saturated heterocycles. The topological polar surface area (TPSA) is 107 Å². The molecule has 1 heterocycles. The van der Waals surface area contributed by atoms with E-state index in [-0.39, 0.29) is 24.8 Å². The number of aliphatic hydroxyl groups excluding tert-OH is 1. The van der Waals surface area contributed by atoms with Crippen LogP contribution in [0.25, 0.3) is 0 Å². The molecule has 1 aliphatic rings. The van der Waals surface area contributed by atoms with Crippen molar-refractivity contribution < 1.29 is 24.6 Å². The molecule has 1 fully saturated rings. The van der Waals surface area contributed by atoms with Gasteiger partial charge in [-0.15, -0.1) is 0 Å². The molecule has 0 aromatic carbocycles. The van der Waals surface area contributed by atoms with Gasteiger partial charge in [-0.2, -0.15) is 0 Å². The number of carbonyl (C=O) groups excluding carboxylic acids is 2. The molecule has 0 spiro atoms. The van der Waals surface area contributed by atoms with E-state index < -0.39 is 30.1 Å². The summed E-state index contributed by atoms with van der Waals surface area (Å²) >= 11 is 0. The molecule has 2 amide bonds. The number of carboxylic acids is 1. The Balaban J connectivity index is 2.76. The van der Waals surface area contributed by atoms with Crippen LogP contribution in [0.1, 0.15) is 27.2 Å². The van der Waals surface area contributed by atoms with Gasteiger partial charge in [-0.05, 0) is 5.92 Å². The van der Waals surface area contributed by atoms with Gasteiger partial charge in [0.25, 0.3) is 0 Å². The fraction of sp³-hybridized carbons (Fsp3) is 0.750. The van der Waals surface area contributed by atoms with Crippen molar-refractivity contribution in [3.05, 3.63) is 0 Å². The van der Waals surface area contributed by atoms with Crippen LogP contribution in [0, 0.1) is 5.92 Å². The first kappa shape index (κ1) is 15.4. The number of likely N-dealkylation sites (tertiary alicyclic amines) is 1. The van der Waals surface area contributed by atoms with Crippen LogP contribution in [0.2, 0.25) is 0 Å². The molecule has 0 bridgehead atoms. The van der Waals surface area contributed by atoms with Crippen LogP contribution >= 0.6 is 0 Å². The highest BCUT2D eigenvalue weighted by atomic mass is 16.4. The monoisotopic (exact) mass is 272 g/mol. The van der Waals surface area contributed by atoms with Gasteiger partial charge in [0.15, 0.2) is 0 Å². The maximum atomic E-state index is 12.0. The fourth-order valence-electron chi connectivity index (χ4n) is 2.17.